The molecule has 2 rings (SSSR count). The van der Waals surface area contributed by atoms with E-state index >= 15 is 0 Å². The van der Waals surface area contributed by atoms with Gasteiger partial charge in [-0.1, -0.05) is 5.21 Å². The van der Waals surface area contributed by atoms with E-state index in [0.717, 1.165) is 0 Å². The van der Waals surface area contributed by atoms with E-state index in [2.05, 4.69) is 15.3 Å². The van der Waals surface area contributed by atoms with Crippen LogP contribution in [-0.4, -0.2) is 30.5 Å². The summed E-state index contributed by atoms with van der Waals surface area (Å²) < 4.78 is 1.39. The summed E-state index contributed by atoms with van der Waals surface area (Å²) in [6.45, 7) is 1.76. The van der Waals surface area contributed by atoms with Crippen LogP contribution in [-0.2, 0) is 0 Å². The van der Waals surface area contributed by atoms with Crippen LogP contribution in [0.3, 0.4) is 0 Å². The molecule has 18 heavy (non-hydrogen) atoms. The minimum atomic E-state index is -0.784. The number of carbonyl (C=O) groups excluding carboxylic acids is 2. The molecule has 0 atom stereocenters. The van der Waals surface area contributed by atoms with Gasteiger partial charge in [0.05, 0.1) is 17.6 Å². The van der Waals surface area contributed by atoms with Gasteiger partial charge in [-0.2, -0.15) is 0 Å². The van der Waals surface area contributed by atoms with E-state index in [1.165, 1.54) is 16.8 Å². The van der Waals surface area contributed by atoms with Gasteiger partial charge in [0.25, 0.3) is 10.5 Å². The summed E-state index contributed by atoms with van der Waals surface area (Å²) in [5.74, 6) is 0. The Morgan fingerprint density at radius 1 is 1.17 bits per heavy atom. The zero-order chi connectivity index (χ0) is 13.3. The topological polar surface area (TPSA) is 77.7 Å². The van der Waals surface area contributed by atoms with Crippen LogP contribution in [0.1, 0.15) is 26.7 Å². The number of aromatic nitrogens is 4. The Balaban J connectivity index is 2.60. The summed E-state index contributed by atoms with van der Waals surface area (Å²) in [5.41, 5.74) is 0.959. The monoisotopic (exact) mass is 284 g/mol. The Kier molecular flexibility index (Phi) is 3.40. The number of hydrogen-bond acceptors (Lipinski definition) is 5. The molecular weight excluding hydrogens is 279 g/mol. The van der Waals surface area contributed by atoms with Crippen molar-refractivity contribution in [2.45, 2.75) is 6.92 Å². The Hall–Kier alpha value is -1.79. The lowest BCUT2D eigenvalue weighted by atomic mass is 10.2. The van der Waals surface area contributed by atoms with Gasteiger partial charge in [-0.3, -0.25) is 9.59 Å². The highest BCUT2D eigenvalue weighted by molar-refractivity contribution is 6.68. The van der Waals surface area contributed by atoms with Gasteiger partial charge in [0, 0.05) is 0 Å². The SMILES string of the molecule is Cc1cn(-c2cc(C(=O)Cl)nc(C(=O)Cl)c2)nn1. The first-order valence-corrected chi connectivity index (χ1v) is 5.54. The molecular formula is C10H6Cl2N4O2. The molecule has 2 aromatic rings. The van der Waals surface area contributed by atoms with Gasteiger partial charge in [0.2, 0.25) is 0 Å². The van der Waals surface area contributed by atoms with E-state index in [4.69, 9.17) is 23.2 Å². The minimum absolute atomic E-state index is 0.0775. The zero-order valence-corrected chi connectivity index (χ0v) is 10.6. The lowest BCUT2D eigenvalue weighted by Crippen LogP contribution is -2.06. The summed E-state index contributed by atoms with van der Waals surface area (Å²) in [6, 6.07) is 2.79. The normalized spacial score (nSPS) is 10.4. The van der Waals surface area contributed by atoms with Crippen molar-refractivity contribution in [3.63, 3.8) is 0 Å². The van der Waals surface area contributed by atoms with Gasteiger partial charge in [0.1, 0.15) is 11.4 Å². The van der Waals surface area contributed by atoms with Crippen molar-refractivity contribution in [2.24, 2.45) is 0 Å². The molecule has 0 radical (unpaired) electrons. The summed E-state index contributed by atoms with van der Waals surface area (Å²) in [7, 11) is 0. The van der Waals surface area contributed by atoms with Gasteiger partial charge in [0.15, 0.2) is 0 Å². The first-order chi connectivity index (χ1) is 8.47. The van der Waals surface area contributed by atoms with Crippen LogP contribution in [0.15, 0.2) is 18.3 Å². The molecule has 0 N–H and O–H groups in total. The third-order valence-corrected chi connectivity index (χ3v) is 2.47. The molecule has 0 fully saturated rings. The third-order valence-electron chi connectivity index (χ3n) is 2.09. The van der Waals surface area contributed by atoms with Gasteiger partial charge in [-0.25, -0.2) is 9.67 Å². The molecule has 0 unspecified atom stereocenters. The van der Waals surface area contributed by atoms with Crippen LogP contribution in [0.25, 0.3) is 5.69 Å². The summed E-state index contributed by atoms with van der Waals surface area (Å²) in [4.78, 5) is 26.0. The summed E-state index contributed by atoms with van der Waals surface area (Å²) in [6.07, 6.45) is 1.63. The molecule has 0 aliphatic carbocycles. The molecule has 0 amide bonds. The Labute approximate surface area is 112 Å². The number of aryl methyl sites for hydroxylation is 1. The number of halogens is 2. The molecule has 0 saturated carbocycles. The maximum absolute atomic E-state index is 11.1. The second kappa shape index (κ2) is 4.83. The molecule has 6 nitrogen and oxygen atoms in total. The summed E-state index contributed by atoms with van der Waals surface area (Å²) in [5, 5.41) is 6.05. The number of hydrogen-bond donors (Lipinski definition) is 0. The van der Waals surface area contributed by atoms with Gasteiger partial charge < -0.3 is 0 Å². The Morgan fingerprint density at radius 2 is 1.72 bits per heavy atom. The van der Waals surface area contributed by atoms with Gasteiger partial charge in [-0.05, 0) is 42.3 Å². The van der Waals surface area contributed by atoms with Crippen LogP contribution in [0, 0.1) is 6.92 Å². The number of carbonyl (C=O) groups is 2. The van der Waals surface area contributed by atoms with Crippen molar-refractivity contribution in [3.8, 4) is 5.69 Å². The maximum atomic E-state index is 11.1. The molecule has 0 aliphatic heterocycles. The average molecular weight is 285 g/mol. The van der Waals surface area contributed by atoms with E-state index in [1.54, 1.807) is 13.1 Å². The van der Waals surface area contributed by atoms with E-state index < -0.39 is 10.5 Å². The van der Waals surface area contributed by atoms with Crippen LogP contribution >= 0.6 is 23.2 Å². The molecule has 0 spiro atoms. The standard InChI is InChI=1S/C10H6Cl2N4O2/c1-5-4-16(15-14-5)6-2-7(9(11)17)13-8(3-6)10(12)18/h2-4H,1H3. The molecule has 0 bridgehead atoms. The average Bonchev–Trinajstić information content (AvgIpc) is 2.75. The van der Waals surface area contributed by atoms with Crippen LogP contribution in [0.2, 0.25) is 0 Å². The minimum Gasteiger partial charge on any atom is -0.274 e. The van der Waals surface area contributed by atoms with Crippen molar-refractivity contribution in [1.29, 1.82) is 0 Å². The third kappa shape index (κ3) is 2.55. The highest BCUT2D eigenvalue weighted by Crippen LogP contribution is 2.14. The second-order valence-electron chi connectivity index (χ2n) is 3.45. The Morgan fingerprint density at radius 3 is 2.11 bits per heavy atom. The molecule has 0 aliphatic rings. The predicted octanol–water partition coefficient (Wildman–Crippen LogP) is 1.73. The predicted molar refractivity (Wildman–Crippen MR) is 64.3 cm³/mol. The number of nitrogens with zero attached hydrogens (tertiary/aromatic N) is 4. The van der Waals surface area contributed by atoms with Crippen LogP contribution < -0.4 is 0 Å². The lowest BCUT2D eigenvalue weighted by Gasteiger charge is -2.03. The van der Waals surface area contributed by atoms with Crippen molar-refractivity contribution < 1.29 is 9.59 Å². The van der Waals surface area contributed by atoms with Crippen molar-refractivity contribution in [3.05, 3.63) is 35.4 Å². The molecule has 2 heterocycles. The van der Waals surface area contributed by atoms with Gasteiger partial charge >= 0.3 is 0 Å². The quantitative estimate of drug-likeness (QED) is 0.802. The van der Waals surface area contributed by atoms with Crippen molar-refractivity contribution in [2.75, 3.05) is 0 Å². The van der Waals surface area contributed by atoms with E-state index in [1.807, 2.05) is 0 Å². The van der Waals surface area contributed by atoms with E-state index in [0.29, 0.717) is 11.4 Å². The summed E-state index contributed by atoms with van der Waals surface area (Å²) >= 11 is 10.7. The van der Waals surface area contributed by atoms with Crippen molar-refractivity contribution in [1.82, 2.24) is 20.0 Å². The molecule has 92 valence electrons. The smallest absolute Gasteiger partial charge is 0.270 e. The van der Waals surface area contributed by atoms with E-state index in [-0.39, 0.29) is 11.4 Å². The zero-order valence-electron chi connectivity index (χ0n) is 9.09. The molecule has 2 aromatic heterocycles. The largest absolute Gasteiger partial charge is 0.274 e. The maximum Gasteiger partial charge on any atom is 0.270 e. The van der Waals surface area contributed by atoms with Crippen LogP contribution in [0.4, 0.5) is 0 Å². The van der Waals surface area contributed by atoms with E-state index in [9.17, 15) is 9.59 Å². The fraction of sp³-hybridized carbons (Fsp3) is 0.100. The second-order valence-corrected chi connectivity index (χ2v) is 4.13. The first-order valence-electron chi connectivity index (χ1n) is 4.78. The highest BCUT2D eigenvalue weighted by Gasteiger charge is 2.13. The Bertz CT molecular complexity index is 606. The lowest BCUT2D eigenvalue weighted by molar-refractivity contribution is 0.107. The number of pyridine rings is 1. The van der Waals surface area contributed by atoms with Gasteiger partial charge in [-0.15, -0.1) is 5.10 Å². The fourth-order valence-corrected chi connectivity index (χ4v) is 1.52. The fourth-order valence-electron chi connectivity index (χ4n) is 1.32. The molecule has 8 heteroatoms. The molecule has 0 aromatic carbocycles. The highest BCUT2D eigenvalue weighted by atomic mass is 35.5. The molecule has 0 saturated heterocycles. The number of rotatable bonds is 3. The van der Waals surface area contributed by atoms with Crippen molar-refractivity contribution >= 4 is 33.7 Å². The van der Waals surface area contributed by atoms with Crippen LogP contribution in [0.5, 0.6) is 0 Å². The first kappa shape index (κ1) is 12.7.